The molecule has 0 unspecified atom stereocenters. The number of ether oxygens (including phenoxy) is 2. The van der Waals surface area contributed by atoms with Crippen LogP contribution in [-0.2, 0) is 9.47 Å². The van der Waals surface area contributed by atoms with E-state index in [0.717, 1.165) is 11.1 Å². The van der Waals surface area contributed by atoms with Crippen molar-refractivity contribution >= 4 is 11.6 Å². The lowest BCUT2D eigenvalue weighted by atomic mass is 9.76. The number of hydrogen-bond acceptors (Lipinski definition) is 4. The number of fused-ring (bicyclic) bond motifs is 3. The summed E-state index contributed by atoms with van der Waals surface area (Å²) >= 11 is 0. The van der Waals surface area contributed by atoms with E-state index in [0.29, 0.717) is 11.1 Å². The molecular formula is C26H22O4. The van der Waals surface area contributed by atoms with Gasteiger partial charge in [-0.1, -0.05) is 84.9 Å². The minimum atomic E-state index is -1.52. The molecule has 2 aliphatic heterocycles. The van der Waals surface area contributed by atoms with E-state index in [1.165, 1.54) is 0 Å². The van der Waals surface area contributed by atoms with Crippen LogP contribution in [0.4, 0.5) is 0 Å². The van der Waals surface area contributed by atoms with Crippen LogP contribution in [-0.4, -0.2) is 29.1 Å². The lowest BCUT2D eigenvalue weighted by Gasteiger charge is -2.34. The first-order valence-corrected chi connectivity index (χ1v) is 10.1. The first-order valence-electron chi connectivity index (χ1n) is 10.1. The first kappa shape index (κ1) is 18.9. The maximum absolute atomic E-state index is 13.7. The fourth-order valence-electron chi connectivity index (χ4n) is 4.76. The van der Waals surface area contributed by atoms with Gasteiger partial charge in [0.05, 0.1) is 0 Å². The maximum Gasteiger partial charge on any atom is 0.232 e. The van der Waals surface area contributed by atoms with Gasteiger partial charge < -0.3 is 9.47 Å². The molecule has 1 fully saturated rings. The van der Waals surface area contributed by atoms with E-state index >= 15 is 0 Å². The minimum Gasteiger partial charge on any atom is -0.336 e. The van der Waals surface area contributed by atoms with Crippen LogP contribution in [0.1, 0.15) is 51.6 Å². The summed E-state index contributed by atoms with van der Waals surface area (Å²) in [4.78, 5) is 27.1. The molecule has 30 heavy (non-hydrogen) atoms. The van der Waals surface area contributed by atoms with Gasteiger partial charge in [-0.05, 0) is 25.0 Å². The molecule has 0 radical (unpaired) electrons. The average molecular weight is 398 g/mol. The highest BCUT2D eigenvalue weighted by Gasteiger charge is 2.64. The zero-order valence-electron chi connectivity index (χ0n) is 16.9. The summed E-state index contributed by atoms with van der Waals surface area (Å²) in [6.45, 7) is 3.37. The molecule has 3 atom stereocenters. The molecule has 5 rings (SSSR count). The quantitative estimate of drug-likeness (QED) is 0.637. The van der Waals surface area contributed by atoms with Gasteiger partial charge in [-0.2, -0.15) is 0 Å². The molecule has 3 aromatic carbocycles. The first-order chi connectivity index (χ1) is 14.4. The molecule has 0 spiro atoms. The summed E-state index contributed by atoms with van der Waals surface area (Å²) in [7, 11) is 0. The number of carbonyl (C=O) groups is 2. The van der Waals surface area contributed by atoms with Gasteiger partial charge >= 0.3 is 0 Å². The molecule has 2 heterocycles. The van der Waals surface area contributed by atoms with Crippen molar-refractivity contribution in [3.05, 3.63) is 107 Å². The van der Waals surface area contributed by atoms with Crippen LogP contribution in [0.2, 0.25) is 0 Å². The lowest BCUT2D eigenvalue weighted by Crippen LogP contribution is -2.48. The van der Waals surface area contributed by atoms with Crippen LogP contribution in [0.25, 0.3) is 0 Å². The molecule has 0 saturated carbocycles. The molecule has 0 aromatic heterocycles. The van der Waals surface area contributed by atoms with E-state index in [4.69, 9.17) is 9.47 Å². The van der Waals surface area contributed by atoms with E-state index in [1.807, 2.05) is 60.7 Å². The zero-order chi connectivity index (χ0) is 20.9. The molecular weight excluding hydrogens is 376 g/mol. The topological polar surface area (TPSA) is 52.6 Å². The third-order valence-corrected chi connectivity index (χ3v) is 6.20. The number of rotatable bonds is 3. The number of hydrogen-bond donors (Lipinski definition) is 0. The fraction of sp³-hybridized carbons (Fsp3) is 0.231. The second-order valence-electron chi connectivity index (χ2n) is 8.20. The fourth-order valence-corrected chi connectivity index (χ4v) is 4.76. The van der Waals surface area contributed by atoms with E-state index in [9.17, 15) is 9.59 Å². The Morgan fingerprint density at radius 1 is 0.700 bits per heavy atom. The van der Waals surface area contributed by atoms with Crippen LogP contribution < -0.4 is 0 Å². The lowest BCUT2D eigenvalue weighted by molar-refractivity contribution is -0.131. The second-order valence-corrected chi connectivity index (χ2v) is 8.20. The number of carbonyl (C=O) groups excluding carboxylic acids is 2. The highest BCUT2D eigenvalue weighted by Crippen LogP contribution is 2.50. The number of benzene rings is 3. The van der Waals surface area contributed by atoms with Gasteiger partial charge in [0.25, 0.3) is 0 Å². The zero-order valence-corrected chi connectivity index (χ0v) is 16.9. The minimum absolute atomic E-state index is 0.227. The van der Waals surface area contributed by atoms with Gasteiger partial charge in [0.15, 0.2) is 11.4 Å². The smallest absolute Gasteiger partial charge is 0.232 e. The largest absolute Gasteiger partial charge is 0.336 e. The van der Waals surface area contributed by atoms with Gasteiger partial charge in [-0.25, -0.2) is 0 Å². The number of ketones is 2. The Hall–Kier alpha value is -3.08. The van der Waals surface area contributed by atoms with Crippen molar-refractivity contribution < 1.29 is 19.1 Å². The van der Waals surface area contributed by atoms with Gasteiger partial charge in [0.1, 0.15) is 6.10 Å². The van der Waals surface area contributed by atoms with Gasteiger partial charge in [-0.15, -0.1) is 0 Å². The van der Waals surface area contributed by atoms with Crippen molar-refractivity contribution in [1.29, 1.82) is 0 Å². The highest BCUT2D eigenvalue weighted by molar-refractivity contribution is 6.16. The van der Waals surface area contributed by atoms with Crippen molar-refractivity contribution in [2.75, 3.05) is 0 Å². The van der Waals surface area contributed by atoms with E-state index in [1.54, 1.807) is 38.1 Å². The molecule has 0 N–H and O–H groups in total. The summed E-state index contributed by atoms with van der Waals surface area (Å²) in [6.07, 6.45) is -0.669. The molecule has 4 heteroatoms. The third kappa shape index (κ3) is 2.68. The van der Waals surface area contributed by atoms with Crippen LogP contribution in [0.3, 0.4) is 0 Å². The summed E-state index contributed by atoms with van der Waals surface area (Å²) < 4.78 is 12.6. The normalized spacial score (nSPS) is 27.8. The van der Waals surface area contributed by atoms with E-state index in [-0.39, 0.29) is 17.5 Å². The summed E-state index contributed by atoms with van der Waals surface area (Å²) in [6, 6.07) is 26.7. The van der Waals surface area contributed by atoms with Crippen molar-refractivity contribution in [3.8, 4) is 0 Å². The summed E-state index contributed by atoms with van der Waals surface area (Å²) in [5.41, 5.74) is 1.43. The molecule has 4 nitrogen and oxygen atoms in total. The van der Waals surface area contributed by atoms with Crippen LogP contribution in [0.15, 0.2) is 84.9 Å². The predicted octanol–water partition coefficient (Wildman–Crippen LogP) is 4.79. The van der Waals surface area contributed by atoms with Crippen molar-refractivity contribution in [3.63, 3.8) is 0 Å². The molecule has 0 amide bonds. The maximum atomic E-state index is 13.7. The van der Waals surface area contributed by atoms with Crippen molar-refractivity contribution in [2.45, 2.75) is 37.3 Å². The summed E-state index contributed by atoms with van der Waals surface area (Å²) in [5.74, 6) is -2.35. The third-order valence-electron chi connectivity index (χ3n) is 6.20. The Morgan fingerprint density at radius 3 is 1.70 bits per heavy atom. The Balaban J connectivity index is 1.71. The number of Topliss-reactive ketones (excluding diaryl/α,β-unsaturated/α-hetero) is 2. The standard InChI is InChI=1S/C26H22O4/c1-25-22(27)19-15-9-10-16-20(19)23(28)26(2,30-25)29-24(25)21(17-11-5-3-6-12-17)18-13-7-4-8-14-18/h3-16,21,24H,1-2H3/t24-,25-,26+/m0/s1. The Kier molecular flexibility index (Phi) is 4.24. The van der Waals surface area contributed by atoms with Crippen molar-refractivity contribution in [2.24, 2.45) is 0 Å². The van der Waals surface area contributed by atoms with Gasteiger partial charge in [-0.3, -0.25) is 9.59 Å². The van der Waals surface area contributed by atoms with Gasteiger partial charge in [0.2, 0.25) is 11.6 Å². The van der Waals surface area contributed by atoms with E-state index in [2.05, 4.69) is 0 Å². The summed E-state index contributed by atoms with van der Waals surface area (Å²) in [5, 5.41) is 0. The van der Waals surface area contributed by atoms with Crippen molar-refractivity contribution in [1.82, 2.24) is 0 Å². The molecule has 3 aromatic rings. The monoisotopic (exact) mass is 398 g/mol. The molecule has 2 bridgehead atoms. The second kappa shape index (κ2) is 6.73. The highest BCUT2D eigenvalue weighted by atomic mass is 16.8. The Bertz CT molecular complexity index is 1080. The molecule has 150 valence electrons. The van der Waals surface area contributed by atoms with Crippen LogP contribution in [0.5, 0.6) is 0 Å². The van der Waals surface area contributed by atoms with Crippen LogP contribution >= 0.6 is 0 Å². The SMILES string of the molecule is C[C@@]12O[C@@H](C(c3ccccc3)c3ccccc3)[C@@](C)(O1)C(=O)c1ccccc1C2=O. The van der Waals surface area contributed by atoms with Gasteiger partial charge in [0, 0.05) is 17.0 Å². The molecule has 0 aliphatic carbocycles. The predicted molar refractivity (Wildman–Crippen MR) is 113 cm³/mol. The molecule has 1 saturated heterocycles. The van der Waals surface area contributed by atoms with Crippen LogP contribution in [0, 0.1) is 0 Å². The Labute approximate surface area is 175 Å². The van der Waals surface area contributed by atoms with E-state index < -0.39 is 17.5 Å². The average Bonchev–Trinajstić information content (AvgIpc) is 3.04. The Morgan fingerprint density at radius 2 is 1.17 bits per heavy atom. The molecule has 2 aliphatic rings.